The Labute approximate surface area is 149 Å². The molecule has 0 aromatic heterocycles. The van der Waals surface area contributed by atoms with Crippen molar-refractivity contribution < 1.29 is 19.1 Å². The van der Waals surface area contributed by atoms with Gasteiger partial charge in [-0.05, 0) is 35.9 Å². The minimum atomic E-state index is -0.541. The lowest BCUT2D eigenvalue weighted by Gasteiger charge is -2.18. The molecule has 6 heteroatoms. The summed E-state index contributed by atoms with van der Waals surface area (Å²) in [5.74, 6) is -0.163. The number of halogens is 1. The molecular formula is C18H18BrNO4. The van der Waals surface area contributed by atoms with Gasteiger partial charge in [0.25, 0.3) is 5.91 Å². The van der Waals surface area contributed by atoms with Crippen LogP contribution in [0.1, 0.15) is 15.9 Å². The molecule has 1 amide bonds. The normalized spacial score (nSPS) is 10.1. The van der Waals surface area contributed by atoms with E-state index in [0.717, 1.165) is 10.0 Å². The van der Waals surface area contributed by atoms with Crippen LogP contribution in [0.2, 0.25) is 0 Å². The van der Waals surface area contributed by atoms with Crippen molar-refractivity contribution in [2.75, 3.05) is 20.8 Å². The van der Waals surface area contributed by atoms with Gasteiger partial charge in [0.2, 0.25) is 0 Å². The Balaban J connectivity index is 1.87. The van der Waals surface area contributed by atoms with Crippen LogP contribution in [0.5, 0.6) is 5.75 Å². The molecule has 0 N–H and O–H groups in total. The van der Waals surface area contributed by atoms with Gasteiger partial charge in [-0.25, -0.2) is 4.79 Å². The molecule has 0 saturated heterocycles. The lowest BCUT2D eigenvalue weighted by molar-refractivity contribution is -0.133. The van der Waals surface area contributed by atoms with Gasteiger partial charge in [-0.3, -0.25) is 4.79 Å². The third-order valence-corrected chi connectivity index (χ3v) is 4.22. The second-order valence-electron chi connectivity index (χ2n) is 5.15. The fourth-order valence-electron chi connectivity index (χ4n) is 2.02. The molecule has 0 spiro atoms. The molecule has 0 unspecified atom stereocenters. The average molecular weight is 392 g/mol. The van der Waals surface area contributed by atoms with E-state index in [1.165, 1.54) is 4.90 Å². The Morgan fingerprint density at radius 2 is 1.75 bits per heavy atom. The van der Waals surface area contributed by atoms with Gasteiger partial charge in [-0.2, -0.15) is 0 Å². The van der Waals surface area contributed by atoms with E-state index in [9.17, 15) is 9.59 Å². The van der Waals surface area contributed by atoms with Crippen molar-refractivity contribution in [1.82, 2.24) is 4.90 Å². The van der Waals surface area contributed by atoms with Gasteiger partial charge in [0.05, 0.1) is 12.7 Å². The first-order chi connectivity index (χ1) is 11.5. The predicted molar refractivity (Wildman–Crippen MR) is 93.9 cm³/mol. The topological polar surface area (TPSA) is 55.8 Å². The van der Waals surface area contributed by atoms with Crippen LogP contribution in [0.4, 0.5) is 0 Å². The fourth-order valence-corrected chi connectivity index (χ4v) is 2.43. The lowest BCUT2D eigenvalue weighted by Crippen LogP contribution is -2.30. The molecule has 0 fully saturated rings. The average Bonchev–Trinajstić information content (AvgIpc) is 2.61. The second-order valence-corrected chi connectivity index (χ2v) is 6.00. The molecule has 0 radical (unpaired) electrons. The first-order valence-corrected chi connectivity index (χ1v) is 8.09. The van der Waals surface area contributed by atoms with Crippen LogP contribution >= 0.6 is 15.9 Å². The van der Waals surface area contributed by atoms with Crippen molar-refractivity contribution in [2.24, 2.45) is 0 Å². The SMILES string of the molecule is COc1ccc(C(=O)OCC(=O)N(C)Cc2ccccc2Br)cc1. The van der Waals surface area contributed by atoms with E-state index < -0.39 is 5.97 Å². The number of rotatable bonds is 6. The van der Waals surface area contributed by atoms with Crippen LogP contribution in [0.3, 0.4) is 0 Å². The van der Waals surface area contributed by atoms with E-state index in [4.69, 9.17) is 9.47 Å². The smallest absolute Gasteiger partial charge is 0.338 e. The van der Waals surface area contributed by atoms with E-state index in [0.29, 0.717) is 17.9 Å². The van der Waals surface area contributed by atoms with E-state index >= 15 is 0 Å². The van der Waals surface area contributed by atoms with Gasteiger partial charge >= 0.3 is 5.97 Å². The minimum Gasteiger partial charge on any atom is -0.497 e. The second kappa shape index (κ2) is 8.49. The van der Waals surface area contributed by atoms with Crippen molar-refractivity contribution in [1.29, 1.82) is 0 Å². The highest BCUT2D eigenvalue weighted by Gasteiger charge is 2.14. The van der Waals surface area contributed by atoms with Gasteiger partial charge in [0.15, 0.2) is 6.61 Å². The zero-order valence-corrected chi connectivity index (χ0v) is 15.1. The summed E-state index contributed by atoms with van der Waals surface area (Å²) in [6, 6.07) is 14.2. The van der Waals surface area contributed by atoms with Gasteiger partial charge in [-0.1, -0.05) is 34.1 Å². The van der Waals surface area contributed by atoms with Crippen molar-refractivity contribution in [3.8, 4) is 5.75 Å². The Morgan fingerprint density at radius 1 is 1.08 bits per heavy atom. The Morgan fingerprint density at radius 3 is 2.38 bits per heavy atom. The number of carbonyl (C=O) groups is 2. The zero-order valence-electron chi connectivity index (χ0n) is 13.5. The number of benzene rings is 2. The molecule has 0 aliphatic carbocycles. The molecule has 2 aromatic rings. The minimum absolute atomic E-state index is 0.271. The van der Waals surface area contributed by atoms with Crippen molar-refractivity contribution >= 4 is 27.8 Å². The van der Waals surface area contributed by atoms with Crippen molar-refractivity contribution in [3.05, 3.63) is 64.1 Å². The summed E-state index contributed by atoms with van der Waals surface area (Å²) in [6.45, 7) is 0.131. The Bertz CT molecular complexity index is 715. The molecule has 5 nitrogen and oxygen atoms in total. The summed E-state index contributed by atoms with van der Waals surface area (Å²) in [7, 11) is 3.22. The summed E-state index contributed by atoms with van der Waals surface area (Å²) < 4.78 is 11.0. The Hall–Kier alpha value is -2.34. The number of ether oxygens (including phenoxy) is 2. The molecule has 0 heterocycles. The van der Waals surface area contributed by atoms with Crippen LogP contribution in [0, 0.1) is 0 Å². The van der Waals surface area contributed by atoms with Gasteiger partial charge in [-0.15, -0.1) is 0 Å². The summed E-state index contributed by atoms with van der Waals surface area (Å²) in [5, 5.41) is 0. The highest BCUT2D eigenvalue weighted by molar-refractivity contribution is 9.10. The number of likely N-dealkylation sites (N-methyl/N-ethyl adjacent to an activating group) is 1. The van der Waals surface area contributed by atoms with Crippen molar-refractivity contribution in [2.45, 2.75) is 6.54 Å². The number of methoxy groups -OCH3 is 1. The molecule has 0 atom stereocenters. The number of hydrogen-bond acceptors (Lipinski definition) is 4. The maximum Gasteiger partial charge on any atom is 0.338 e. The van der Waals surface area contributed by atoms with E-state index in [1.807, 2.05) is 24.3 Å². The standard InChI is InChI=1S/C18H18BrNO4/c1-20(11-14-5-3-4-6-16(14)19)17(21)12-24-18(22)13-7-9-15(23-2)10-8-13/h3-10H,11-12H2,1-2H3. The van der Waals surface area contributed by atoms with Crippen LogP contribution in [0.25, 0.3) is 0 Å². The quantitative estimate of drug-likeness (QED) is 0.709. The summed E-state index contributed by atoms with van der Waals surface area (Å²) >= 11 is 3.44. The van der Waals surface area contributed by atoms with E-state index in [-0.39, 0.29) is 12.5 Å². The fraction of sp³-hybridized carbons (Fsp3) is 0.222. The monoisotopic (exact) mass is 391 g/mol. The summed E-state index contributed by atoms with van der Waals surface area (Å²) in [4.78, 5) is 25.6. The first-order valence-electron chi connectivity index (χ1n) is 7.30. The highest BCUT2D eigenvalue weighted by atomic mass is 79.9. The zero-order chi connectivity index (χ0) is 17.5. The molecule has 0 aliphatic rings. The number of carbonyl (C=O) groups excluding carboxylic acids is 2. The maximum atomic E-state index is 12.1. The lowest BCUT2D eigenvalue weighted by atomic mass is 10.2. The molecule has 0 saturated carbocycles. The Kier molecular flexibility index (Phi) is 6.37. The van der Waals surface area contributed by atoms with E-state index in [1.54, 1.807) is 38.4 Å². The molecule has 2 rings (SSSR count). The van der Waals surface area contributed by atoms with Gasteiger partial charge in [0, 0.05) is 18.1 Å². The molecule has 0 aliphatic heterocycles. The first kappa shape index (κ1) is 18.0. The van der Waals surface area contributed by atoms with Gasteiger partial charge < -0.3 is 14.4 Å². The molecule has 0 bridgehead atoms. The van der Waals surface area contributed by atoms with Gasteiger partial charge in [0.1, 0.15) is 5.75 Å². The molecule has 24 heavy (non-hydrogen) atoms. The largest absolute Gasteiger partial charge is 0.497 e. The molecular weight excluding hydrogens is 374 g/mol. The predicted octanol–water partition coefficient (Wildman–Crippen LogP) is 3.27. The highest BCUT2D eigenvalue weighted by Crippen LogP contribution is 2.17. The number of esters is 1. The number of amides is 1. The molecule has 2 aromatic carbocycles. The third-order valence-electron chi connectivity index (χ3n) is 3.44. The van der Waals surface area contributed by atoms with Crippen molar-refractivity contribution in [3.63, 3.8) is 0 Å². The van der Waals surface area contributed by atoms with E-state index in [2.05, 4.69) is 15.9 Å². The maximum absolute atomic E-state index is 12.1. The van der Waals surface area contributed by atoms with Crippen LogP contribution in [-0.4, -0.2) is 37.5 Å². The number of nitrogens with zero attached hydrogens (tertiary/aromatic N) is 1. The number of hydrogen-bond donors (Lipinski definition) is 0. The molecule has 126 valence electrons. The summed E-state index contributed by atoms with van der Waals surface area (Å²) in [6.07, 6.45) is 0. The van der Waals surface area contributed by atoms with Crippen LogP contribution in [-0.2, 0) is 16.1 Å². The van der Waals surface area contributed by atoms with Crippen LogP contribution < -0.4 is 4.74 Å². The summed E-state index contributed by atoms with van der Waals surface area (Å²) in [5.41, 5.74) is 1.35. The third kappa shape index (κ3) is 4.83. The van der Waals surface area contributed by atoms with Crippen LogP contribution in [0.15, 0.2) is 53.0 Å².